The minimum atomic E-state index is -0.970. The van der Waals surface area contributed by atoms with Crippen molar-refractivity contribution in [1.82, 2.24) is 4.90 Å². The summed E-state index contributed by atoms with van der Waals surface area (Å²) in [6, 6.07) is 9.09. The highest BCUT2D eigenvalue weighted by atomic mass is 16.5. The molecule has 0 unspecified atom stereocenters. The van der Waals surface area contributed by atoms with Crippen LogP contribution in [0.4, 0.5) is 0 Å². The zero-order valence-electron chi connectivity index (χ0n) is 9.46. The summed E-state index contributed by atoms with van der Waals surface area (Å²) in [6.07, 6.45) is 0.573. The molecule has 1 amide bonds. The van der Waals surface area contributed by atoms with E-state index in [2.05, 4.69) is 4.74 Å². The van der Waals surface area contributed by atoms with Gasteiger partial charge < -0.3 is 14.4 Å². The number of carbonyl (C=O) groups is 3. The SMILES string of the molecule is COC(=O)C(=O)N(CC=O)Cc1ccccc1. The Balaban J connectivity index is 2.76. The smallest absolute Gasteiger partial charge is 0.396 e. The van der Waals surface area contributed by atoms with Gasteiger partial charge in [0.15, 0.2) is 0 Å². The Kier molecular flexibility index (Phi) is 4.87. The van der Waals surface area contributed by atoms with Crippen LogP contribution in [0.5, 0.6) is 0 Å². The summed E-state index contributed by atoms with van der Waals surface area (Å²) in [5.41, 5.74) is 0.839. The average Bonchev–Trinajstić information content (AvgIpc) is 2.37. The van der Waals surface area contributed by atoms with Crippen LogP contribution in [0.15, 0.2) is 30.3 Å². The van der Waals surface area contributed by atoms with Gasteiger partial charge in [-0.25, -0.2) is 4.79 Å². The summed E-state index contributed by atoms with van der Waals surface area (Å²) in [5, 5.41) is 0. The number of hydrogen-bond donors (Lipinski definition) is 0. The number of benzene rings is 1. The van der Waals surface area contributed by atoms with Crippen LogP contribution in [-0.4, -0.2) is 36.7 Å². The molecule has 5 nitrogen and oxygen atoms in total. The number of rotatable bonds is 4. The number of carbonyl (C=O) groups excluding carboxylic acids is 3. The molecule has 1 aromatic rings. The van der Waals surface area contributed by atoms with Gasteiger partial charge in [0.1, 0.15) is 6.29 Å². The van der Waals surface area contributed by atoms with Crippen molar-refractivity contribution in [2.45, 2.75) is 6.54 Å². The van der Waals surface area contributed by atoms with E-state index in [1.807, 2.05) is 30.3 Å². The second kappa shape index (κ2) is 6.42. The highest BCUT2D eigenvalue weighted by Crippen LogP contribution is 2.04. The molecule has 17 heavy (non-hydrogen) atoms. The van der Waals surface area contributed by atoms with E-state index in [9.17, 15) is 14.4 Å². The summed E-state index contributed by atoms with van der Waals surface area (Å²) in [6.45, 7) is 0.0658. The van der Waals surface area contributed by atoms with Crippen molar-refractivity contribution in [3.05, 3.63) is 35.9 Å². The highest BCUT2D eigenvalue weighted by Gasteiger charge is 2.22. The molecule has 1 aromatic carbocycles. The Morgan fingerprint density at radius 3 is 2.47 bits per heavy atom. The highest BCUT2D eigenvalue weighted by molar-refractivity contribution is 6.32. The molecule has 0 aliphatic rings. The molecule has 90 valence electrons. The summed E-state index contributed by atoms with van der Waals surface area (Å²) >= 11 is 0. The van der Waals surface area contributed by atoms with Crippen LogP contribution in [-0.2, 0) is 25.7 Å². The van der Waals surface area contributed by atoms with Crippen molar-refractivity contribution in [2.75, 3.05) is 13.7 Å². The quantitative estimate of drug-likeness (QED) is 0.430. The Morgan fingerprint density at radius 1 is 1.29 bits per heavy atom. The fourth-order valence-corrected chi connectivity index (χ4v) is 1.33. The Labute approximate surface area is 99.0 Å². The lowest BCUT2D eigenvalue weighted by Gasteiger charge is -2.18. The third kappa shape index (κ3) is 3.71. The van der Waals surface area contributed by atoms with Gasteiger partial charge in [0.05, 0.1) is 13.7 Å². The molecule has 1 rings (SSSR count). The van der Waals surface area contributed by atoms with E-state index >= 15 is 0 Å². The molecule has 5 heteroatoms. The number of methoxy groups -OCH3 is 1. The van der Waals surface area contributed by atoms with Crippen LogP contribution in [0, 0.1) is 0 Å². The van der Waals surface area contributed by atoms with E-state index < -0.39 is 11.9 Å². The number of esters is 1. The lowest BCUT2D eigenvalue weighted by Crippen LogP contribution is -2.37. The van der Waals surface area contributed by atoms with E-state index in [0.717, 1.165) is 17.6 Å². The van der Waals surface area contributed by atoms with Crippen LogP contribution < -0.4 is 0 Å². The molecule has 0 bridgehead atoms. The fraction of sp³-hybridized carbons (Fsp3) is 0.250. The first-order chi connectivity index (χ1) is 8.19. The van der Waals surface area contributed by atoms with Gasteiger partial charge in [-0.15, -0.1) is 0 Å². The van der Waals surface area contributed by atoms with Gasteiger partial charge in [-0.1, -0.05) is 30.3 Å². The number of nitrogens with zero attached hydrogens (tertiary/aromatic N) is 1. The maximum Gasteiger partial charge on any atom is 0.396 e. The van der Waals surface area contributed by atoms with Gasteiger partial charge in [-0.3, -0.25) is 4.79 Å². The molecule has 0 aromatic heterocycles. The molecule has 0 saturated heterocycles. The predicted molar refractivity (Wildman–Crippen MR) is 59.9 cm³/mol. The molecule has 0 N–H and O–H groups in total. The molecule has 0 fully saturated rings. The van der Waals surface area contributed by atoms with Crippen molar-refractivity contribution in [3.63, 3.8) is 0 Å². The maximum atomic E-state index is 11.6. The zero-order chi connectivity index (χ0) is 12.7. The van der Waals surface area contributed by atoms with Crippen LogP contribution in [0.2, 0.25) is 0 Å². The minimum absolute atomic E-state index is 0.136. The van der Waals surface area contributed by atoms with E-state index in [4.69, 9.17) is 0 Å². The molecule has 0 aliphatic heterocycles. The minimum Gasteiger partial charge on any atom is -0.462 e. The van der Waals surface area contributed by atoms with E-state index in [1.54, 1.807) is 0 Å². The number of hydrogen-bond acceptors (Lipinski definition) is 4. The third-order valence-electron chi connectivity index (χ3n) is 2.16. The summed E-state index contributed by atoms with van der Waals surface area (Å²) in [7, 11) is 1.13. The number of amides is 1. The second-order valence-electron chi connectivity index (χ2n) is 3.33. The largest absolute Gasteiger partial charge is 0.462 e. The maximum absolute atomic E-state index is 11.6. The molecule has 0 spiro atoms. The standard InChI is InChI=1S/C12H13NO4/c1-17-12(16)11(15)13(7-8-14)9-10-5-3-2-4-6-10/h2-6,8H,7,9H2,1H3. The van der Waals surface area contributed by atoms with Gasteiger partial charge in [0.25, 0.3) is 0 Å². The van der Waals surface area contributed by atoms with Crippen LogP contribution in [0.25, 0.3) is 0 Å². The summed E-state index contributed by atoms with van der Waals surface area (Å²) in [5.74, 6) is -1.79. The Bertz CT molecular complexity index is 402. The Morgan fingerprint density at radius 2 is 1.94 bits per heavy atom. The summed E-state index contributed by atoms with van der Waals surface area (Å²) in [4.78, 5) is 34.3. The fourth-order valence-electron chi connectivity index (χ4n) is 1.33. The molecule has 0 heterocycles. The van der Waals surface area contributed by atoms with Crippen molar-refractivity contribution in [2.24, 2.45) is 0 Å². The first-order valence-corrected chi connectivity index (χ1v) is 5.03. The Hall–Kier alpha value is -2.17. The lowest BCUT2D eigenvalue weighted by atomic mass is 10.2. The van der Waals surface area contributed by atoms with Crippen molar-refractivity contribution < 1.29 is 19.1 Å². The zero-order valence-corrected chi connectivity index (χ0v) is 9.46. The molecular weight excluding hydrogens is 222 g/mol. The van der Waals surface area contributed by atoms with Crippen molar-refractivity contribution >= 4 is 18.2 Å². The monoisotopic (exact) mass is 235 g/mol. The van der Waals surface area contributed by atoms with E-state index in [-0.39, 0.29) is 13.1 Å². The first-order valence-electron chi connectivity index (χ1n) is 5.03. The second-order valence-corrected chi connectivity index (χ2v) is 3.33. The number of ether oxygens (including phenoxy) is 1. The first kappa shape index (κ1) is 12.9. The van der Waals surface area contributed by atoms with Gasteiger partial charge >= 0.3 is 11.9 Å². The van der Waals surface area contributed by atoms with Crippen molar-refractivity contribution in [1.29, 1.82) is 0 Å². The molecular formula is C12H13NO4. The van der Waals surface area contributed by atoms with Gasteiger partial charge in [0.2, 0.25) is 0 Å². The van der Waals surface area contributed by atoms with E-state index in [1.165, 1.54) is 0 Å². The number of aldehydes is 1. The van der Waals surface area contributed by atoms with Gasteiger partial charge in [-0.05, 0) is 5.56 Å². The molecule has 0 aliphatic carbocycles. The predicted octanol–water partition coefficient (Wildman–Crippen LogP) is 0.387. The van der Waals surface area contributed by atoms with Crippen LogP contribution in [0.1, 0.15) is 5.56 Å². The molecule has 0 radical (unpaired) electrons. The topological polar surface area (TPSA) is 63.7 Å². The molecule has 0 atom stereocenters. The van der Waals surface area contributed by atoms with Gasteiger partial charge in [0, 0.05) is 6.54 Å². The van der Waals surface area contributed by atoms with E-state index in [0.29, 0.717) is 6.29 Å². The summed E-state index contributed by atoms with van der Waals surface area (Å²) < 4.78 is 4.33. The average molecular weight is 235 g/mol. The van der Waals surface area contributed by atoms with Crippen LogP contribution >= 0.6 is 0 Å². The normalized spacial score (nSPS) is 9.47. The molecule has 0 saturated carbocycles. The van der Waals surface area contributed by atoms with Gasteiger partial charge in [-0.2, -0.15) is 0 Å². The van der Waals surface area contributed by atoms with Crippen molar-refractivity contribution in [3.8, 4) is 0 Å². The van der Waals surface area contributed by atoms with Crippen LogP contribution in [0.3, 0.4) is 0 Å². The lowest BCUT2D eigenvalue weighted by molar-refractivity contribution is -0.158. The third-order valence-corrected chi connectivity index (χ3v) is 2.16.